The van der Waals surface area contributed by atoms with Crippen LogP contribution in [-0.4, -0.2) is 13.2 Å². The van der Waals surface area contributed by atoms with Crippen LogP contribution in [-0.2, 0) is 6.54 Å². The predicted octanol–water partition coefficient (Wildman–Crippen LogP) is 4.90. The molecular weight excluding hydrogens is 270 g/mol. The lowest BCUT2D eigenvalue weighted by molar-refractivity contribution is 0.251. The van der Waals surface area contributed by atoms with E-state index in [0.717, 1.165) is 25.4 Å². The van der Waals surface area contributed by atoms with Gasteiger partial charge in [0.1, 0.15) is 5.75 Å². The molecular formula is C17H28ClNO. The van der Waals surface area contributed by atoms with Gasteiger partial charge in [-0.2, -0.15) is 0 Å². The highest BCUT2D eigenvalue weighted by molar-refractivity contribution is 6.32. The molecule has 3 heteroatoms. The molecule has 0 spiro atoms. The second kappa shape index (κ2) is 9.25. The molecule has 0 aliphatic carbocycles. The van der Waals surface area contributed by atoms with E-state index in [9.17, 15) is 0 Å². The molecule has 0 fully saturated rings. The number of ether oxygens (including phenoxy) is 1. The monoisotopic (exact) mass is 297 g/mol. The van der Waals surface area contributed by atoms with Gasteiger partial charge >= 0.3 is 0 Å². The van der Waals surface area contributed by atoms with Gasteiger partial charge in [-0.1, -0.05) is 51.8 Å². The lowest BCUT2D eigenvalue weighted by Crippen LogP contribution is -2.18. The second-order valence-corrected chi connectivity index (χ2v) is 6.40. The van der Waals surface area contributed by atoms with E-state index in [2.05, 4.69) is 39.1 Å². The number of nitrogens with one attached hydrogen (secondary N) is 1. The Morgan fingerprint density at radius 2 is 2.00 bits per heavy atom. The second-order valence-electron chi connectivity index (χ2n) is 5.99. The van der Waals surface area contributed by atoms with Crippen molar-refractivity contribution in [3.8, 4) is 5.75 Å². The Morgan fingerprint density at radius 3 is 2.60 bits per heavy atom. The zero-order valence-corrected chi connectivity index (χ0v) is 14.0. The Labute approximate surface area is 128 Å². The average molecular weight is 298 g/mol. The van der Waals surface area contributed by atoms with Crippen LogP contribution in [0.5, 0.6) is 5.75 Å². The lowest BCUT2D eigenvalue weighted by atomic mass is 10.1. The van der Waals surface area contributed by atoms with Crippen molar-refractivity contribution in [2.75, 3.05) is 13.2 Å². The van der Waals surface area contributed by atoms with Gasteiger partial charge < -0.3 is 10.1 Å². The van der Waals surface area contributed by atoms with E-state index >= 15 is 0 Å². The maximum absolute atomic E-state index is 6.28. The number of halogens is 1. The molecule has 0 amide bonds. The van der Waals surface area contributed by atoms with Gasteiger partial charge in [0.15, 0.2) is 0 Å². The molecule has 0 heterocycles. The molecule has 1 atom stereocenters. The molecule has 0 aliphatic heterocycles. The van der Waals surface area contributed by atoms with Gasteiger partial charge in [-0.3, -0.25) is 0 Å². The Bertz CT molecular complexity index is 393. The third-order valence-electron chi connectivity index (χ3n) is 3.18. The largest absolute Gasteiger partial charge is 0.492 e. The summed E-state index contributed by atoms with van der Waals surface area (Å²) in [6.07, 6.45) is 2.38. The van der Waals surface area contributed by atoms with Crippen LogP contribution in [0.15, 0.2) is 18.2 Å². The van der Waals surface area contributed by atoms with Crippen molar-refractivity contribution in [2.24, 2.45) is 11.8 Å². The maximum Gasteiger partial charge on any atom is 0.137 e. The standard InChI is InChI=1S/C17H28ClNO/c1-5-6-14(4)12-20-17-8-7-15(9-16(17)18)11-19-10-13(2)3/h7-9,13-14,19H,5-6,10-12H2,1-4H3. The third kappa shape index (κ3) is 6.62. The predicted molar refractivity (Wildman–Crippen MR) is 87.6 cm³/mol. The highest BCUT2D eigenvalue weighted by Gasteiger charge is 2.06. The van der Waals surface area contributed by atoms with Crippen molar-refractivity contribution >= 4 is 11.6 Å². The summed E-state index contributed by atoms with van der Waals surface area (Å²) in [7, 11) is 0. The van der Waals surface area contributed by atoms with E-state index in [1.165, 1.54) is 18.4 Å². The van der Waals surface area contributed by atoms with Crippen molar-refractivity contribution in [1.82, 2.24) is 5.32 Å². The van der Waals surface area contributed by atoms with E-state index in [1.54, 1.807) is 0 Å². The zero-order chi connectivity index (χ0) is 15.0. The summed E-state index contributed by atoms with van der Waals surface area (Å²) in [5, 5.41) is 4.12. The van der Waals surface area contributed by atoms with E-state index in [1.807, 2.05) is 12.1 Å². The molecule has 1 unspecified atom stereocenters. The molecule has 1 aromatic rings. The van der Waals surface area contributed by atoms with Crippen molar-refractivity contribution in [3.05, 3.63) is 28.8 Å². The van der Waals surface area contributed by atoms with Gasteiger partial charge in [0.25, 0.3) is 0 Å². The van der Waals surface area contributed by atoms with Gasteiger partial charge in [-0.15, -0.1) is 0 Å². The fourth-order valence-electron chi connectivity index (χ4n) is 2.08. The lowest BCUT2D eigenvalue weighted by Gasteiger charge is -2.14. The van der Waals surface area contributed by atoms with Crippen molar-refractivity contribution in [1.29, 1.82) is 0 Å². The summed E-state index contributed by atoms with van der Waals surface area (Å²) < 4.78 is 5.80. The van der Waals surface area contributed by atoms with Crippen LogP contribution in [0.1, 0.15) is 46.1 Å². The molecule has 20 heavy (non-hydrogen) atoms. The van der Waals surface area contributed by atoms with Crippen LogP contribution in [0.25, 0.3) is 0 Å². The molecule has 1 N–H and O–H groups in total. The number of benzene rings is 1. The van der Waals surface area contributed by atoms with Gasteiger partial charge in [0.05, 0.1) is 11.6 Å². The minimum atomic E-state index is 0.573. The first kappa shape index (κ1) is 17.3. The molecule has 0 bridgehead atoms. The topological polar surface area (TPSA) is 21.3 Å². The Morgan fingerprint density at radius 1 is 1.25 bits per heavy atom. The highest BCUT2D eigenvalue weighted by atomic mass is 35.5. The number of rotatable bonds is 9. The zero-order valence-electron chi connectivity index (χ0n) is 13.2. The van der Waals surface area contributed by atoms with Crippen molar-refractivity contribution in [2.45, 2.75) is 47.1 Å². The summed E-state index contributed by atoms with van der Waals surface area (Å²) >= 11 is 6.28. The summed E-state index contributed by atoms with van der Waals surface area (Å²) in [4.78, 5) is 0. The molecule has 114 valence electrons. The van der Waals surface area contributed by atoms with Crippen LogP contribution in [0, 0.1) is 11.8 Å². The van der Waals surface area contributed by atoms with Crippen molar-refractivity contribution in [3.63, 3.8) is 0 Å². The third-order valence-corrected chi connectivity index (χ3v) is 3.48. The van der Waals surface area contributed by atoms with Crippen LogP contribution in [0.4, 0.5) is 0 Å². The molecule has 0 saturated carbocycles. The van der Waals surface area contributed by atoms with E-state index < -0.39 is 0 Å². The first-order chi connectivity index (χ1) is 9.52. The van der Waals surface area contributed by atoms with E-state index in [-0.39, 0.29) is 0 Å². The smallest absolute Gasteiger partial charge is 0.137 e. The molecule has 2 nitrogen and oxygen atoms in total. The minimum absolute atomic E-state index is 0.573. The summed E-state index contributed by atoms with van der Waals surface area (Å²) in [6.45, 7) is 11.4. The normalized spacial score (nSPS) is 12.7. The SMILES string of the molecule is CCCC(C)COc1ccc(CNCC(C)C)cc1Cl. The first-order valence-electron chi connectivity index (χ1n) is 7.64. The maximum atomic E-state index is 6.28. The molecule has 0 saturated heterocycles. The van der Waals surface area contributed by atoms with E-state index in [0.29, 0.717) is 16.9 Å². The summed E-state index contributed by atoms with van der Waals surface area (Å²) in [6, 6.07) is 6.06. The van der Waals surface area contributed by atoms with Crippen LogP contribution < -0.4 is 10.1 Å². The molecule has 1 aromatic carbocycles. The van der Waals surface area contributed by atoms with Gasteiger partial charge in [0.2, 0.25) is 0 Å². The fraction of sp³-hybridized carbons (Fsp3) is 0.647. The molecule has 0 aliphatic rings. The Hall–Kier alpha value is -0.730. The fourth-order valence-corrected chi connectivity index (χ4v) is 2.34. The first-order valence-corrected chi connectivity index (χ1v) is 8.02. The molecule has 0 radical (unpaired) electrons. The minimum Gasteiger partial charge on any atom is -0.492 e. The van der Waals surface area contributed by atoms with Crippen LogP contribution in [0.2, 0.25) is 5.02 Å². The highest BCUT2D eigenvalue weighted by Crippen LogP contribution is 2.26. The summed E-state index contributed by atoms with van der Waals surface area (Å²) in [5.74, 6) is 2.03. The van der Waals surface area contributed by atoms with E-state index in [4.69, 9.17) is 16.3 Å². The van der Waals surface area contributed by atoms with Gasteiger partial charge in [-0.25, -0.2) is 0 Å². The number of hydrogen-bond donors (Lipinski definition) is 1. The van der Waals surface area contributed by atoms with Gasteiger partial charge in [-0.05, 0) is 42.5 Å². The Kier molecular flexibility index (Phi) is 8.01. The Balaban J connectivity index is 2.46. The van der Waals surface area contributed by atoms with Crippen LogP contribution in [0.3, 0.4) is 0 Å². The molecule has 1 rings (SSSR count). The average Bonchev–Trinajstić information content (AvgIpc) is 2.37. The van der Waals surface area contributed by atoms with Gasteiger partial charge in [0, 0.05) is 6.54 Å². The van der Waals surface area contributed by atoms with Crippen molar-refractivity contribution < 1.29 is 4.74 Å². The quantitative estimate of drug-likeness (QED) is 0.700. The number of hydrogen-bond acceptors (Lipinski definition) is 2. The summed E-state index contributed by atoms with van der Waals surface area (Å²) in [5.41, 5.74) is 1.20. The molecule has 0 aromatic heterocycles. The van der Waals surface area contributed by atoms with Crippen LogP contribution >= 0.6 is 11.6 Å².